The SMILES string of the molecule is CC1(C)CC(=O)C2=CCC(=O)N=C2C1. The molecule has 0 aromatic carbocycles. The van der Waals surface area contributed by atoms with Crippen LogP contribution >= 0.6 is 0 Å². The van der Waals surface area contributed by atoms with Gasteiger partial charge in [-0.2, -0.15) is 0 Å². The number of carbonyl (C=O) groups excluding carboxylic acids is 2. The fourth-order valence-electron chi connectivity index (χ4n) is 2.02. The van der Waals surface area contributed by atoms with E-state index in [1.54, 1.807) is 6.08 Å². The van der Waals surface area contributed by atoms with Crippen molar-refractivity contribution >= 4 is 17.4 Å². The highest BCUT2D eigenvalue weighted by Gasteiger charge is 2.35. The number of fused-ring (bicyclic) bond motifs is 1. The van der Waals surface area contributed by atoms with Gasteiger partial charge in [0.25, 0.3) is 0 Å². The lowest BCUT2D eigenvalue weighted by atomic mass is 9.73. The molecule has 1 aliphatic heterocycles. The second-order valence-corrected chi connectivity index (χ2v) is 4.72. The first kappa shape index (κ1) is 9.31. The maximum Gasteiger partial charge on any atom is 0.249 e. The molecule has 0 N–H and O–H groups in total. The molecule has 0 aromatic rings. The van der Waals surface area contributed by atoms with E-state index in [0.717, 1.165) is 6.42 Å². The second-order valence-electron chi connectivity index (χ2n) is 4.72. The number of amides is 1. The van der Waals surface area contributed by atoms with Gasteiger partial charge in [-0.15, -0.1) is 0 Å². The number of hydrogen-bond donors (Lipinski definition) is 0. The van der Waals surface area contributed by atoms with Crippen molar-refractivity contribution in [3.8, 4) is 0 Å². The van der Waals surface area contributed by atoms with Crippen LogP contribution in [0.1, 0.15) is 33.1 Å². The number of dihydropyridines is 1. The molecule has 0 radical (unpaired) electrons. The molecule has 1 aliphatic carbocycles. The first-order valence-corrected chi connectivity index (χ1v) is 4.82. The molecule has 0 aromatic heterocycles. The lowest BCUT2D eigenvalue weighted by Crippen LogP contribution is -2.33. The average Bonchev–Trinajstić information content (AvgIpc) is 2.00. The quantitative estimate of drug-likeness (QED) is 0.584. The molecule has 14 heavy (non-hydrogen) atoms. The maximum atomic E-state index is 11.7. The van der Waals surface area contributed by atoms with Gasteiger partial charge in [0.1, 0.15) is 0 Å². The number of rotatable bonds is 0. The fraction of sp³-hybridized carbons (Fsp3) is 0.545. The van der Waals surface area contributed by atoms with Crippen molar-refractivity contribution in [1.82, 2.24) is 0 Å². The molecule has 0 spiro atoms. The number of hydrogen-bond acceptors (Lipinski definition) is 2. The zero-order valence-electron chi connectivity index (χ0n) is 8.46. The molecular formula is C11H13NO2. The van der Waals surface area contributed by atoms with E-state index in [1.165, 1.54) is 0 Å². The largest absolute Gasteiger partial charge is 0.294 e. The van der Waals surface area contributed by atoms with Crippen molar-refractivity contribution in [1.29, 1.82) is 0 Å². The van der Waals surface area contributed by atoms with Gasteiger partial charge in [-0.3, -0.25) is 9.59 Å². The third kappa shape index (κ3) is 1.54. The topological polar surface area (TPSA) is 46.5 Å². The summed E-state index contributed by atoms with van der Waals surface area (Å²) in [6, 6.07) is 0. The van der Waals surface area contributed by atoms with Crippen molar-refractivity contribution in [2.24, 2.45) is 10.4 Å². The predicted octanol–water partition coefficient (Wildman–Crippen LogP) is 1.67. The monoisotopic (exact) mass is 191 g/mol. The Morgan fingerprint density at radius 3 is 2.71 bits per heavy atom. The van der Waals surface area contributed by atoms with Gasteiger partial charge >= 0.3 is 0 Å². The van der Waals surface area contributed by atoms with E-state index >= 15 is 0 Å². The molecule has 0 bridgehead atoms. The van der Waals surface area contributed by atoms with E-state index < -0.39 is 0 Å². The smallest absolute Gasteiger partial charge is 0.249 e. The van der Waals surface area contributed by atoms with Gasteiger partial charge < -0.3 is 0 Å². The number of aliphatic imine (C=N–C) groups is 1. The van der Waals surface area contributed by atoms with Crippen molar-refractivity contribution in [2.75, 3.05) is 0 Å². The normalized spacial score (nSPS) is 25.3. The summed E-state index contributed by atoms with van der Waals surface area (Å²) < 4.78 is 0. The van der Waals surface area contributed by atoms with E-state index in [9.17, 15) is 9.59 Å². The molecule has 2 aliphatic rings. The van der Waals surface area contributed by atoms with E-state index in [4.69, 9.17) is 0 Å². The van der Waals surface area contributed by atoms with Crippen LogP contribution in [0.4, 0.5) is 0 Å². The van der Waals surface area contributed by atoms with Gasteiger partial charge in [0.15, 0.2) is 5.78 Å². The van der Waals surface area contributed by atoms with Crippen LogP contribution in [-0.2, 0) is 9.59 Å². The molecule has 1 amide bonds. The lowest BCUT2D eigenvalue weighted by Gasteiger charge is -2.31. The van der Waals surface area contributed by atoms with E-state index in [1.807, 2.05) is 13.8 Å². The highest BCUT2D eigenvalue weighted by atomic mass is 16.1. The Labute approximate surface area is 82.9 Å². The first-order valence-electron chi connectivity index (χ1n) is 4.82. The Bertz CT molecular complexity index is 375. The van der Waals surface area contributed by atoms with Gasteiger partial charge in [0, 0.05) is 18.4 Å². The molecule has 2 rings (SSSR count). The zero-order valence-corrected chi connectivity index (χ0v) is 8.46. The minimum absolute atomic E-state index is 0.0507. The molecule has 1 fully saturated rings. The van der Waals surface area contributed by atoms with Crippen LogP contribution in [-0.4, -0.2) is 17.4 Å². The number of carbonyl (C=O) groups is 2. The van der Waals surface area contributed by atoms with Gasteiger partial charge in [-0.05, 0) is 11.8 Å². The third-order valence-electron chi connectivity index (χ3n) is 2.64. The molecule has 0 unspecified atom stereocenters. The summed E-state index contributed by atoms with van der Waals surface area (Å²) in [7, 11) is 0. The molecule has 3 nitrogen and oxygen atoms in total. The Balaban J connectivity index is 2.38. The summed E-state index contributed by atoms with van der Waals surface area (Å²) in [5.41, 5.74) is 1.33. The van der Waals surface area contributed by atoms with E-state index in [2.05, 4.69) is 4.99 Å². The Hall–Kier alpha value is -1.25. The van der Waals surface area contributed by atoms with Gasteiger partial charge in [0.05, 0.1) is 5.71 Å². The van der Waals surface area contributed by atoms with E-state index in [-0.39, 0.29) is 23.5 Å². The van der Waals surface area contributed by atoms with Crippen molar-refractivity contribution < 1.29 is 9.59 Å². The van der Waals surface area contributed by atoms with Crippen LogP contribution in [0, 0.1) is 5.41 Å². The summed E-state index contributed by atoms with van der Waals surface area (Å²) >= 11 is 0. The van der Waals surface area contributed by atoms with Crippen molar-refractivity contribution in [3.63, 3.8) is 0 Å². The Morgan fingerprint density at radius 1 is 1.29 bits per heavy atom. The molecule has 1 heterocycles. The predicted molar refractivity (Wildman–Crippen MR) is 53.2 cm³/mol. The van der Waals surface area contributed by atoms with Crippen LogP contribution in [0.5, 0.6) is 0 Å². The third-order valence-corrected chi connectivity index (χ3v) is 2.64. The molecule has 0 atom stereocenters. The van der Waals surface area contributed by atoms with Crippen LogP contribution < -0.4 is 0 Å². The van der Waals surface area contributed by atoms with Crippen LogP contribution in [0.25, 0.3) is 0 Å². The zero-order chi connectivity index (χ0) is 10.3. The molecule has 74 valence electrons. The average molecular weight is 191 g/mol. The van der Waals surface area contributed by atoms with Gasteiger partial charge in [-0.25, -0.2) is 4.99 Å². The summed E-state index contributed by atoms with van der Waals surface area (Å²) in [6.45, 7) is 4.06. The summed E-state index contributed by atoms with van der Waals surface area (Å²) in [6.07, 6.45) is 3.30. The molecule has 0 saturated heterocycles. The highest BCUT2D eigenvalue weighted by Crippen LogP contribution is 2.35. The number of ketones is 1. The van der Waals surface area contributed by atoms with Crippen LogP contribution in [0.3, 0.4) is 0 Å². The van der Waals surface area contributed by atoms with Crippen molar-refractivity contribution in [3.05, 3.63) is 11.6 Å². The summed E-state index contributed by atoms with van der Waals surface area (Å²) in [5.74, 6) is 0.00162. The second kappa shape index (κ2) is 2.87. The lowest BCUT2D eigenvalue weighted by molar-refractivity contribution is -0.117. The van der Waals surface area contributed by atoms with E-state index in [0.29, 0.717) is 17.7 Å². The fourth-order valence-corrected chi connectivity index (χ4v) is 2.02. The number of allylic oxidation sites excluding steroid dienone is 1. The molecule has 3 heteroatoms. The number of Topliss-reactive ketones (excluding diaryl/α,β-unsaturated/α-hetero) is 1. The van der Waals surface area contributed by atoms with Crippen molar-refractivity contribution in [2.45, 2.75) is 33.1 Å². The Kier molecular flexibility index (Phi) is 1.91. The maximum absolute atomic E-state index is 11.7. The summed E-state index contributed by atoms with van der Waals surface area (Å²) in [4.78, 5) is 26.7. The standard InChI is InChI=1S/C11H13NO2/c1-11(2)5-8-7(9(13)6-11)3-4-10(14)12-8/h3H,4-6H2,1-2H3. The highest BCUT2D eigenvalue weighted by molar-refractivity contribution is 6.27. The molecular weight excluding hydrogens is 178 g/mol. The first-order chi connectivity index (χ1) is 6.48. The van der Waals surface area contributed by atoms with Crippen LogP contribution in [0.15, 0.2) is 16.6 Å². The number of nitrogens with zero attached hydrogens (tertiary/aromatic N) is 1. The van der Waals surface area contributed by atoms with Gasteiger partial charge in [-0.1, -0.05) is 19.9 Å². The van der Waals surface area contributed by atoms with Crippen LogP contribution in [0.2, 0.25) is 0 Å². The van der Waals surface area contributed by atoms with Gasteiger partial charge in [0.2, 0.25) is 5.91 Å². The molecule has 1 saturated carbocycles. The summed E-state index contributed by atoms with van der Waals surface area (Å²) in [5, 5.41) is 0. The minimum Gasteiger partial charge on any atom is -0.294 e. The Morgan fingerprint density at radius 2 is 2.00 bits per heavy atom. The minimum atomic E-state index is -0.130.